The van der Waals surface area contributed by atoms with Gasteiger partial charge >= 0.3 is 0 Å². The predicted molar refractivity (Wildman–Crippen MR) is 73.7 cm³/mol. The second-order valence-corrected chi connectivity index (χ2v) is 6.03. The molecule has 0 aromatic carbocycles. The van der Waals surface area contributed by atoms with E-state index in [0.29, 0.717) is 17.3 Å². The minimum atomic E-state index is 0.542. The van der Waals surface area contributed by atoms with Crippen molar-refractivity contribution >= 4 is 0 Å². The van der Waals surface area contributed by atoms with Crippen molar-refractivity contribution < 1.29 is 4.74 Å². The van der Waals surface area contributed by atoms with E-state index in [-0.39, 0.29) is 0 Å². The Hall–Kier alpha value is -1.09. The van der Waals surface area contributed by atoms with Crippen LogP contribution in [0.15, 0.2) is 18.3 Å². The summed E-state index contributed by atoms with van der Waals surface area (Å²) >= 11 is 0. The lowest BCUT2D eigenvalue weighted by molar-refractivity contribution is 0.206. The van der Waals surface area contributed by atoms with Crippen LogP contribution >= 0.6 is 0 Å². The molecule has 1 fully saturated rings. The van der Waals surface area contributed by atoms with Crippen LogP contribution in [-0.4, -0.2) is 18.1 Å². The summed E-state index contributed by atoms with van der Waals surface area (Å²) in [6.45, 7) is 5.65. The number of nitrogens with one attached hydrogen (secondary N) is 1. The highest BCUT2D eigenvalue weighted by molar-refractivity contribution is 5.17. The molecule has 0 bridgehead atoms. The molecule has 1 aliphatic carbocycles. The monoisotopic (exact) mass is 248 g/mol. The van der Waals surface area contributed by atoms with Crippen LogP contribution in [0.3, 0.4) is 0 Å². The fraction of sp³-hybridized carbons (Fsp3) is 0.667. The van der Waals surface area contributed by atoms with Crippen LogP contribution in [0.5, 0.6) is 5.88 Å². The first-order chi connectivity index (χ1) is 8.59. The molecule has 1 N–H and O–H groups in total. The van der Waals surface area contributed by atoms with Gasteiger partial charge in [-0.25, -0.2) is 4.98 Å². The van der Waals surface area contributed by atoms with E-state index in [1.54, 1.807) is 7.11 Å². The summed E-state index contributed by atoms with van der Waals surface area (Å²) in [4.78, 5) is 4.22. The van der Waals surface area contributed by atoms with Crippen molar-refractivity contribution in [3.05, 3.63) is 23.9 Å². The van der Waals surface area contributed by atoms with Gasteiger partial charge in [0.25, 0.3) is 0 Å². The topological polar surface area (TPSA) is 34.1 Å². The van der Waals surface area contributed by atoms with E-state index in [4.69, 9.17) is 4.74 Å². The summed E-state index contributed by atoms with van der Waals surface area (Å²) in [5, 5.41) is 3.63. The van der Waals surface area contributed by atoms with Gasteiger partial charge in [-0.3, -0.25) is 0 Å². The zero-order chi connectivity index (χ0) is 13.0. The summed E-state index contributed by atoms with van der Waals surface area (Å²) in [6.07, 6.45) is 7.11. The summed E-state index contributed by atoms with van der Waals surface area (Å²) in [5.41, 5.74) is 1.76. The molecule has 2 rings (SSSR count). The first kappa shape index (κ1) is 13.3. The first-order valence-corrected chi connectivity index (χ1v) is 6.81. The highest BCUT2D eigenvalue weighted by atomic mass is 16.5. The predicted octanol–water partition coefficient (Wildman–Crippen LogP) is 3.15. The molecule has 1 aliphatic rings. The normalized spacial score (nSPS) is 19.7. The third-order valence-electron chi connectivity index (χ3n) is 3.94. The van der Waals surface area contributed by atoms with Crippen LogP contribution in [0.1, 0.15) is 45.1 Å². The Labute approximate surface area is 110 Å². The SMILES string of the molecule is COc1ccc(CNC2CCC(C)(C)CC2)cn1. The van der Waals surface area contributed by atoms with Gasteiger partial charge in [-0.1, -0.05) is 19.9 Å². The van der Waals surface area contributed by atoms with E-state index in [2.05, 4.69) is 30.2 Å². The lowest BCUT2D eigenvalue weighted by atomic mass is 9.75. The Kier molecular flexibility index (Phi) is 4.23. The van der Waals surface area contributed by atoms with Gasteiger partial charge in [0.2, 0.25) is 5.88 Å². The Morgan fingerprint density at radius 2 is 2.06 bits per heavy atom. The quantitative estimate of drug-likeness (QED) is 0.888. The number of hydrogen-bond acceptors (Lipinski definition) is 3. The van der Waals surface area contributed by atoms with E-state index in [9.17, 15) is 0 Å². The number of methoxy groups -OCH3 is 1. The van der Waals surface area contributed by atoms with Crippen molar-refractivity contribution in [2.75, 3.05) is 7.11 Å². The fourth-order valence-electron chi connectivity index (χ4n) is 2.50. The minimum absolute atomic E-state index is 0.542. The molecule has 1 aromatic rings. The molecule has 0 saturated heterocycles. The summed E-state index contributed by atoms with van der Waals surface area (Å²) in [6, 6.07) is 4.66. The Balaban J connectivity index is 1.78. The maximum absolute atomic E-state index is 5.06. The third kappa shape index (κ3) is 3.70. The molecule has 0 spiro atoms. The van der Waals surface area contributed by atoms with Crippen LogP contribution in [0.25, 0.3) is 0 Å². The maximum Gasteiger partial charge on any atom is 0.212 e. The Bertz CT molecular complexity index is 363. The maximum atomic E-state index is 5.06. The van der Waals surface area contributed by atoms with Gasteiger partial charge < -0.3 is 10.1 Å². The molecule has 0 aliphatic heterocycles. The molecule has 0 radical (unpaired) electrons. The largest absolute Gasteiger partial charge is 0.481 e. The lowest BCUT2D eigenvalue weighted by Crippen LogP contribution is -2.35. The standard InChI is InChI=1S/C15H24N2O/c1-15(2)8-6-13(7-9-15)16-10-12-4-5-14(18-3)17-11-12/h4-5,11,13,16H,6-10H2,1-3H3. The second kappa shape index (κ2) is 5.70. The molecule has 0 unspecified atom stereocenters. The van der Waals surface area contributed by atoms with Gasteiger partial charge in [-0.2, -0.15) is 0 Å². The van der Waals surface area contributed by atoms with Gasteiger partial charge in [0.15, 0.2) is 0 Å². The van der Waals surface area contributed by atoms with Crippen LogP contribution in [-0.2, 0) is 6.54 Å². The first-order valence-electron chi connectivity index (χ1n) is 6.81. The van der Waals surface area contributed by atoms with Gasteiger partial charge in [0.05, 0.1) is 7.11 Å². The fourth-order valence-corrected chi connectivity index (χ4v) is 2.50. The molecule has 100 valence electrons. The third-order valence-corrected chi connectivity index (χ3v) is 3.94. The van der Waals surface area contributed by atoms with Gasteiger partial charge in [-0.05, 0) is 36.7 Å². The van der Waals surface area contributed by atoms with Crippen LogP contribution in [0.4, 0.5) is 0 Å². The second-order valence-electron chi connectivity index (χ2n) is 6.03. The van der Waals surface area contributed by atoms with E-state index in [1.807, 2.05) is 12.3 Å². The average molecular weight is 248 g/mol. The molecule has 18 heavy (non-hydrogen) atoms. The van der Waals surface area contributed by atoms with E-state index < -0.39 is 0 Å². The van der Waals surface area contributed by atoms with Crippen molar-refractivity contribution in [1.29, 1.82) is 0 Å². The minimum Gasteiger partial charge on any atom is -0.481 e. The molecule has 0 atom stereocenters. The molecule has 1 saturated carbocycles. The number of nitrogens with zero attached hydrogens (tertiary/aromatic N) is 1. The summed E-state index contributed by atoms with van der Waals surface area (Å²) in [5.74, 6) is 0.679. The molecule has 1 aromatic heterocycles. The molecular weight excluding hydrogens is 224 g/mol. The molecule has 3 heteroatoms. The highest BCUT2D eigenvalue weighted by Crippen LogP contribution is 2.35. The molecule has 1 heterocycles. The van der Waals surface area contributed by atoms with Gasteiger partial charge in [-0.15, -0.1) is 0 Å². The number of ether oxygens (including phenoxy) is 1. The zero-order valence-electron chi connectivity index (χ0n) is 11.7. The number of hydrogen-bond donors (Lipinski definition) is 1. The lowest BCUT2D eigenvalue weighted by Gasteiger charge is -2.34. The van der Waals surface area contributed by atoms with Crippen molar-refractivity contribution in [3.63, 3.8) is 0 Å². The molecule has 3 nitrogen and oxygen atoms in total. The van der Waals surface area contributed by atoms with Crippen LogP contribution in [0.2, 0.25) is 0 Å². The van der Waals surface area contributed by atoms with E-state index >= 15 is 0 Å². The van der Waals surface area contributed by atoms with E-state index in [0.717, 1.165) is 6.54 Å². The average Bonchev–Trinajstić information content (AvgIpc) is 2.38. The van der Waals surface area contributed by atoms with Crippen LogP contribution in [0, 0.1) is 5.41 Å². The summed E-state index contributed by atoms with van der Waals surface area (Å²) < 4.78 is 5.06. The smallest absolute Gasteiger partial charge is 0.212 e. The number of rotatable bonds is 4. The van der Waals surface area contributed by atoms with Crippen LogP contribution < -0.4 is 10.1 Å². The number of pyridine rings is 1. The van der Waals surface area contributed by atoms with Gasteiger partial charge in [0, 0.05) is 24.8 Å². The summed E-state index contributed by atoms with van der Waals surface area (Å²) in [7, 11) is 1.64. The highest BCUT2D eigenvalue weighted by Gasteiger charge is 2.26. The Morgan fingerprint density at radius 1 is 1.33 bits per heavy atom. The van der Waals surface area contributed by atoms with Crippen molar-refractivity contribution in [2.45, 2.75) is 52.1 Å². The van der Waals surface area contributed by atoms with Gasteiger partial charge in [0.1, 0.15) is 0 Å². The zero-order valence-corrected chi connectivity index (χ0v) is 11.7. The van der Waals surface area contributed by atoms with E-state index in [1.165, 1.54) is 31.2 Å². The number of aromatic nitrogens is 1. The molecular formula is C15H24N2O. The van der Waals surface area contributed by atoms with Crippen molar-refractivity contribution in [1.82, 2.24) is 10.3 Å². The van der Waals surface area contributed by atoms with Crippen molar-refractivity contribution in [2.24, 2.45) is 5.41 Å². The molecule has 0 amide bonds. The van der Waals surface area contributed by atoms with Crippen molar-refractivity contribution in [3.8, 4) is 5.88 Å². The Morgan fingerprint density at radius 3 is 2.61 bits per heavy atom.